The summed E-state index contributed by atoms with van der Waals surface area (Å²) in [5, 5.41) is 4.37. The summed E-state index contributed by atoms with van der Waals surface area (Å²) >= 11 is 0. The van der Waals surface area contributed by atoms with Crippen LogP contribution in [0.4, 0.5) is 0 Å². The van der Waals surface area contributed by atoms with E-state index in [1.54, 1.807) is 0 Å². The number of hydrogen-bond donors (Lipinski definition) is 2. The van der Waals surface area contributed by atoms with Crippen LogP contribution in [0.25, 0.3) is 10.9 Å². The molecule has 1 aliphatic heterocycles. The Hall–Kier alpha value is -2.85. The molecule has 2 heterocycles. The molecule has 4 heteroatoms. The lowest BCUT2D eigenvalue weighted by Crippen LogP contribution is -2.37. The van der Waals surface area contributed by atoms with Crippen molar-refractivity contribution in [1.82, 2.24) is 15.2 Å². The quantitative estimate of drug-likeness (QED) is 0.740. The summed E-state index contributed by atoms with van der Waals surface area (Å²) < 4.78 is 0. The van der Waals surface area contributed by atoms with E-state index in [1.807, 2.05) is 30.3 Å². The van der Waals surface area contributed by atoms with Gasteiger partial charge < -0.3 is 10.3 Å². The summed E-state index contributed by atoms with van der Waals surface area (Å²) in [5.41, 5.74) is 4.25. The van der Waals surface area contributed by atoms with Crippen LogP contribution in [-0.4, -0.2) is 35.4 Å². The van der Waals surface area contributed by atoms with Gasteiger partial charge in [0.2, 0.25) is 0 Å². The first kappa shape index (κ1) is 16.6. The SMILES string of the molecule is O=C(NC1=CCCN(CCc2c[nH]c3ccccc23)C1)c1ccccc1. The van der Waals surface area contributed by atoms with Gasteiger partial charge in [-0.2, -0.15) is 0 Å². The van der Waals surface area contributed by atoms with Crippen LogP contribution in [0.5, 0.6) is 0 Å². The van der Waals surface area contributed by atoms with Gasteiger partial charge in [-0.3, -0.25) is 9.69 Å². The van der Waals surface area contributed by atoms with Gasteiger partial charge in [0.25, 0.3) is 5.91 Å². The molecule has 0 saturated carbocycles. The van der Waals surface area contributed by atoms with Crippen molar-refractivity contribution < 1.29 is 4.79 Å². The van der Waals surface area contributed by atoms with Crippen LogP contribution >= 0.6 is 0 Å². The highest BCUT2D eigenvalue weighted by Gasteiger charge is 2.15. The molecule has 132 valence electrons. The van der Waals surface area contributed by atoms with Gasteiger partial charge in [0.15, 0.2) is 0 Å². The largest absolute Gasteiger partial charge is 0.361 e. The van der Waals surface area contributed by atoms with Gasteiger partial charge in [0.05, 0.1) is 0 Å². The molecule has 4 rings (SSSR count). The van der Waals surface area contributed by atoms with Gasteiger partial charge >= 0.3 is 0 Å². The highest BCUT2D eigenvalue weighted by Crippen LogP contribution is 2.19. The number of aromatic amines is 1. The van der Waals surface area contributed by atoms with Gasteiger partial charge in [-0.1, -0.05) is 42.5 Å². The second-order valence-electron chi connectivity index (χ2n) is 6.72. The first-order valence-corrected chi connectivity index (χ1v) is 9.12. The van der Waals surface area contributed by atoms with Crippen molar-refractivity contribution in [1.29, 1.82) is 0 Å². The molecule has 3 aromatic rings. The van der Waals surface area contributed by atoms with Gasteiger partial charge in [-0.05, 0) is 36.6 Å². The second-order valence-corrected chi connectivity index (χ2v) is 6.72. The maximum Gasteiger partial charge on any atom is 0.255 e. The van der Waals surface area contributed by atoms with Crippen LogP contribution in [0.3, 0.4) is 0 Å². The van der Waals surface area contributed by atoms with Gasteiger partial charge in [-0.15, -0.1) is 0 Å². The topological polar surface area (TPSA) is 48.1 Å². The standard InChI is InChI=1S/C22H23N3O/c26-22(17-7-2-1-3-8-17)24-19-9-6-13-25(16-19)14-12-18-15-23-21-11-5-4-10-20(18)21/h1-5,7-11,15,23H,6,12-14,16H2,(H,24,26). The van der Waals surface area contributed by atoms with Gasteiger partial charge in [0, 0.05) is 48.0 Å². The number of hydrogen-bond acceptors (Lipinski definition) is 2. The molecule has 0 saturated heterocycles. The number of para-hydroxylation sites is 1. The highest BCUT2D eigenvalue weighted by atomic mass is 16.1. The van der Waals surface area contributed by atoms with Crippen LogP contribution in [0.15, 0.2) is 72.6 Å². The fraction of sp³-hybridized carbons (Fsp3) is 0.227. The summed E-state index contributed by atoms with van der Waals surface area (Å²) in [4.78, 5) is 18.1. The number of H-pyrrole nitrogens is 1. The molecule has 0 radical (unpaired) electrons. The molecule has 0 unspecified atom stereocenters. The van der Waals surface area contributed by atoms with Gasteiger partial charge in [0.1, 0.15) is 0 Å². The Kier molecular flexibility index (Phi) is 4.84. The molecule has 4 nitrogen and oxygen atoms in total. The molecule has 2 aromatic carbocycles. The van der Waals surface area contributed by atoms with Crippen molar-refractivity contribution >= 4 is 16.8 Å². The Morgan fingerprint density at radius 3 is 2.77 bits per heavy atom. The second kappa shape index (κ2) is 7.58. The average Bonchev–Trinajstić information content (AvgIpc) is 3.10. The summed E-state index contributed by atoms with van der Waals surface area (Å²) in [5.74, 6) is -0.0321. The Bertz CT molecular complexity index is 927. The van der Waals surface area contributed by atoms with Crippen LogP contribution in [0.1, 0.15) is 22.3 Å². The van der Waals surface area contributed by atoms with Gasteiger partial charge in [-0.25, -0.2) is 0 Å². The lowest BCUT2D eigenvalue weighted by molar-refractivity contribution is 0.0960. The van der Waals surface area contributed by atoms with Crippen LogP contribution in [-0.2, 0) is 6.42 Å². The van der Waals surface area contributed by atoms with E-state index in [4.69, 9.17) is 0 Å². The Morgan fingerprint density at radius 1 is 1.08 bits per heavy atom. The zero-order chi connectivity index (χ0) is 17.8. The minimum Gasteiger partial charge on any atom is -0.361 e. The number of aromatic nitrogens is 1. The highest BCUT2D eigenvalue weighted by molar-refractivity contribution is 5.95. The van der Waals surface area contributed by atoms with Crippen LogP contribution in [0, 0.1) is 0 Å². The monoisotopic (exact) mass is 345 g/mol. The molecule has 1 aromatic heterocycles. The fourth-order valence-electron chi connectivity index (χ4n) is 3.51. The number of nitrogens with zero attached hydrogens (tertiary/aromatic N) is 1. The zero-order valence-electron chi connectivity index (χ0n) is 14.7. The molecule has 0 spiro atoms. The number of amides is 1. The molecule has 2 N–H and O–H groups in total. The molecule has 0 atom stereocenters. The molecule has 0 aliphatic carbocycles. The number of rotatable bonds is 5. The number of fused-ring (bicyclic) bond motifs is 1. The smallest absolute Gasteiger partial charge is 0.255 e. The van der Waals surface area contributed by atoms with E-state index in [-0.39, 0.29) is 5.91 Å². The third kappa shape index (κ3) is 3.70. The zero-order valence-corrected chi connectivity index (χ0v) is 14.7. The fourth-order valence-corrected chi connectivity index (χ4v) is 3.51. The maximum absolute atomic E-state index is 12.3. The summed E-state index contributed by atoms with van der Waals surface area (Å²) in [6, 6.07) is 17.8. The predicted octanol–water partition coefficient (Wildman–Crippen LogP) is 3.73. The van der Waals surface area contributed by atoms with Crippen molar-refractivity contribution in [2.45, 2.75) is 12.8 Å². The molecule has 0 fully saturated rings. The number of benzene rings is 2. The first-order valence-electron chi connectivity index (χ1n) is 9.12. The minimum atomic E-state index is -0.0321. The summed E-state index contributed by atoms with van der Waals surface area (Å²) in [6.45, 7) is 2.81. The van der Waals surface area contributed by atoms with E-state index in [1.165, 1.54) is 16.5 Å². The number of carbonyl (C=O) groups is 1. The Morgan fingerprint density at radius 2 is 1.88 bits per heavy atom. The van der Waals surface area contributed by atoms with Crippen molar-refractivity contribution in [2.24, 2.45) is 0 Å². The number of carbonyl (C=O) groups excluding carboxylic acids is 1. The first-order chi connectivity index (χ1) is 12.8. The van der Waals surface area contributed by atoms with E-state index in [2.05, 4.69) is 51.7 Å². The predicted molar refractivity (Wildman–Crippen MR) is 105 cm³/mol. The van der Waals surface area contributed by atoms with Crippen molar-refractivity contribution in [3.63, 3.8) is 0 Å². The van der Waals surface area contributed by atoms with E-state index >= 15 is 0 Å². The Balaban J connectivity index is 1.35. The van der Waals surface area contributed by atoms with E-state index in [0.29, 0.717) is 5.56 Å². The Labute approximate surface area is 153 Å². The van der Waals surface area contributed by atoms with E-state index in [0.717, 1.165) is 38.2 Å². The minimum absolute atomic E-state index is 0.0321. The van der Waals surface area contributed by atoms with Crippen molar-refractivity contribution in [2.75, 3.05) is 19.6 Å². The molecule has 1 amide bonds. The maximum atomic E-state index is 12.3. The van der Waals surface area contributed by atoms with Crippen molar-refractivity contribution in [3.05, 3.63) is 83.7 Å². The molecular weight excluding hydrogens is 322 g/mol. The lowest BCUT2D eigenvalue weighted by atomic mass is 10.1. The van der Waals surface area contributed by atoms with Crippen LogP contribution < -0.4 is 5.32 Å². The van der Waals surface area contributed by atoms with E-state index < -0.39 is 0 Å². The molecule has 1 aliphatic rings. The number of nitrogens with one attached hydrogen (secondary N) is 2. The lowest BCUT2D eigenvalue weighted by Gasteiger charge is -2.27. The third-order valence-corrected chi connectivity index (χ3v) is 4.91. The average molecular weight is 345 g/mol. The van der Waals surface area contributed by atoms with Crippen molar-refractivity contribution in [3.8, 4) is 0 Å². The molecule has 0 bridgehead atoms. The summed E-state index contributed by atoms with van der Waals surface area (Å²) in [7, 11) is 0. The molecular formula is C22H23N3O. The summed E-state index contributed by atoms with van der Waals surface area (Å²) in [6.07, 6.45) is 6.23. The third-order valence-electron chi connectivity index (χ3n) is 4.91. The van der Waals surface area contributed by atoms with E-state index in [9.17, 15) is 4.79 Å². The molecule has 26 heavy (non-hydrogen) atoms. The van der Waals surface area contributed by atoms with Crippen LogP contribution in [0.2, 0.25) is 0 Å². The normalized spacial score (nSPS) is 15.0.